The van der Waals surface area contributed by atoms with E-state index >= 15 is 0 Å². The van der Waals surface area contributed by atoms with Gasteiger partial charge in [0.15, 0.2) is 0 Å². The average molecular weight is 478 g/mol. The molecular weight excluding hydrogens is 455 g/mol. The summed E-state index contributed by atoms with van der Waals surface area (Å²) in [4.78, 5) is 12.9. The molecule has 0 amide bonds. The van der Waals surface area contributed by atoms with Crippen LogP contribution in [0.1, 0.15) is 41.6 Å². The van der Waals surface area contributed by atoms with E-state index in [0.29, 0.717) is 18.2 Å². The zero-order valence-electron chi connectivity index (χ0n) is 14.8. The third-order valence-corrected chi connectivity index (χ3v) is 7.73. The van der Waals surface area contributed by atoms with Crippen LogP contribution in [0, 0.1) is 12.8 Å². The van der Waals surface area contributed by atoms with E-state index in [1.807, 2.05) is 0 Å². The van der Waals surface area contributed by atoms with Crippen molar-refractivity contribution in [2.45, 2.75) is 37.9 Å². The van der Waals surface area contributed by atoms with Crippen LogP contribution in [0.5, 0.6) is 0 Å². The van der Waals surface area contributed by atoms with Crippen molar-refractivity contribution in [2.75, 3.05) is 6.54 Å². The molecule has 5 heteroatoms. The summed E-state index contributed by atoms with van der Waals surface area (Å²) in [6, 6.07) is 20.0. The van der Waals surface area contributed by atoms with Gasteiger partial charge in [-0.2, -0.15) is 0 Å². The van der Waals surface area contributed by atoms with Gasteiger partial charge in [0.2, 0.25) is 0 Å². The average Bonchev–Trinajstić information content (AvgIpc) is 2.68. The first kappa shape index (κ1) is 18.5. The highest BCUT2D eigenvalue weighted by atomic mass is 127. The summed E-state index contributed by atoms with van der Waals surface area (Å²) in [7, 11) is 1.76. The molecule has 0 bridgehead atoms. The largest absolute Gasteiger partial charge is 0.309 e. The van der Waals surface area contributed by atoms with Gasteiger partial charge in [0.25, 0.3) is 0 Å². The van der Waals surface area contributed by atoms with E-state index in [1.165, 1.54) is 16.7 Å². The molecule has 0 aliphatic carbocycles. The lowest BCUT2D eigenvalue weighted by atomic mass is 9.77. The van der Waals surface area contributed by atoms with Gasteiger partial charge < -0.3 is 5.32 Å². The number of nitrogens with zero attached hydrogens (tertiary/aromatic N) is 1. The number of piperidine rings is 2. The molecule has 1 N–H and O–H groups in total. The first-order chi connectivity index (χ1) is 12.7. The number of aryl methyl sites for hydroxylation is 1. The van der Waals surface area contributed by atoms with Crippen LogP contribution in [0.25, 0.3) is 0 Å². The van der Waals surface area contributed by atoms with Crippen LogP contribution in [0.4, 0.5) is 0 Å². The fourth-order valence-corrected chi connectivity index (χ4v) is 6.68. The van der Waals surface area contributed by atoms with E-state index in [4.69, 9.17) is 0 Å². The fraction of sp³-hybridized carbons (Fsp3) is 0.381. The molecular formula is C21H23IN2OS. The van der Waals surface area contributed by atoms with E-state index in [0.717, 1.165) is 13.0 Å². The summed E-state index contributed by atoms with van der Waals surface area (Å²) in [6.45, 7) is 2.89. The second-order valence-corrected chi connectivity index (χ2v) is 9.05. The van der Waals surface area contributed by atoms with Gasteiger partial charge in [0, 0.05) is 52.2 Å². The molecule has 0 radical (unpaired) electrons. The Morgan fingerprint density at radius 2 is 1.88 bits per heavy atom. The highest BCUT2D eigenvalue weighted by molar-refractivity contribution is 14.2. The number of benzene rings is 2. The Balaban J connectivity index is 1.63. The maximum atomic E-state index is 12.9. The van der Waals surface area contributed by atoms with Gasteiger partial charge in [-0.3, -0.25) is 4.79 Å². The van der Waals surface area contributed by atoms with Crippen LogP contribution in [-0.2, 0) is 4.79 Å². The number of Topliss-reactive ketones (excluding diaryl/α,β-unsaturated/α-hetero) is 1. The standard InChI is InChI=1S/C21H23IN2OS/c1-14-6-5-9-16(10-14)19-12-21(25)17-13-23-18(11-20(17)24(19)26-22)15-7-3-2-4-8-15/h2-10,17-20,23H,11-13H2,1H3/t17-,18?,19?,20+/m1/s1. The summed E-state index contributed by atoms with van der Waals surface area (Å²) in [5, 5.41) is 3.61. The first-order valence-corrected chi connectivity index (χ1v) is 12.4. The summed E-state index contributed by atoms with van der Waals surface area (Å²) in [5.74, 6) is 0.500. The third-order valence-electron chi connectivity index (χ3n) is 5.68. The van der Waals surface area contributed by atoms with Crippen LogP contribution in [-0.4, -0.2) is 22.7 Å². The third kappa shape index (κ3) is 3.59. The molecule has 2 aliphatic heterocycles. The van der Waals surface area contributed by atoms with Crippen molar-refractivity contribution in [3.63, 3.8) is 0 Å². The van der Waals surface area contributed by atoms with Crippen molar-refractivity contribution < 1.29 is 4.79 Å². The van der Waals surface area contributed by atoms with Crippen LogP contribution < -0.4 is 5.32 Å². The normalized spacial score (nSPS) is 29.4. The second kappa shape index (κ2) is 8.00. The zero-order chi connectivity index (χ0) is 18.1. The van der Waals surface area contributed by atoms with Crippen molar-refractivity contribution >= 4 is 36.1 Å². The Labute approximate surface area is 171 Å². The highest BCUT2D eigenvalue weighted by Crippen LogP contribution is 2.46. The molecule has 2 saturated heterocycles. The molecule has 2 fully saturated rings. The first-order valence-electron chi connectivity index (χ1n) is 9.12. The van der Waals surface area contributed by atoms with Gasteiger partial charge in [-0.15, -0.1) is 0 Å². The van der Waals surface area contributed by atoms with E-state index in [1.54, 1.807) is 9.12 Å². The number of nitrogens with one attached hydrogen (secondary N) is 1. The summed E-state index contributed by atoms with van der Waals surface area (Å²) in [6.07, 6.45) is 1.58. The Morgan fingerprint density at radius 1 is 1.12 bits per heavy atom. The summed E-state index contributed by atoms with van der Waals surface area (Å²) >= 11 is 2.39. The molecule has 2 aromatic carbocycles. The van der Waals surface area contributed by atoms with Crippen LogP contribution in [0.3, 0.4) is 0 Å². The van der Waals surface area contributed by atoms with E-state index < -0.39 is 0 Å². The topological polar surface area (TPSA) is 32.3 Å². The molecule has 2 heterocycles. The minimum atomic E-state index is 0.0956. The number of carbonyl (C=O) groups excluding carboxylic acids is 1. The van der Waals surface area contributed by atoms with Crippen LogP contribution in [0.15, 0.2) is 54.6 Å². The zero-order valence-corrected chi connectivity index (χ0v) is 17.7. The minimum absolute atomic E-state index is 0.0956. The highest BCUT2D eigenvalue weighted by Gasteiger charge is 2.46. The van der Waals surface area contributed by atoms with E-state index in [9.17, 15) is 4.79 Å². The Morgan fingerprint density at radius 3 is 2.62 bits per heavy atom. The number of fused-ring (bicyclic) bond motifs is 1. The number of ketones is 1. The van der Waals surface area contributed by atoms with Crippen LogP contribution in [0.2, 0.25) is 0 Å². The molecule has 26 heavy (non-hydrogen) atoms. The van der Waals surface area contributed by atoms with Gasteiger partial charge in [-0.05, 0) is 33.6 Å². The molecule has 2 aromatic rings. The van der Waals surface area contributed by atoms with Crippen molar-refractivity contribution in [1.82, 2.24) is 9.62 Å². The van der Waals surface area contributed by atoms with E-state index in [2.05, 4.69) is 92.3 Å². The molecule has 2 unspecified atom stereocenters. The predicted molar refractivity (Wildman–Crippen MR) is 116 cm³/mol. The summed E-state index contributed by atoms with van der Waals surface area (Å²) < 4.78 is 2.48. The van der Waals surface area contributed by atoms with Crippen molar-refractivity contribution in [1.29, 1.82) is 0 Å². The number of rotatable bonds is 3. The molecule has 0 aromatic heterocycles. The maximum Gasteiger partial charge on any atom is 0.140 e. The van der Waals surface area contributed by atoms with Crippen molar-refractivity contribution in [2.24, 2.45) is 5.92 Å². The van der Waals surface area contributed by atoms with Crippen molar-refractivity contribution in [3.8, 4) is 0 Å². The molecule has 136 valence electrons. The smallest absolute Gasteiger partial charge is 0.140 e. The monoisotopic (exact) mass is 478 g/mol. The molecule has 0 saturated carbocycles. The fourth-order valence-electron chi connectivity index (χ4n) is 4.35. The number of hydrogen-bond acceptors (Lipinski definition) is 4. The molecule has 0 spiro atoms. The molecule has 4 atom stereocenters. The lowest BCUT2D eigenvalue weighted by molar-refractivity contribution is -0.130. The Kier molecular flexibility index (Phi) is 5.69. The van der Waals surface area contributed by atoms with Gasteiger partial charge in [-0.1, -0.05) is 60.2 Å². The Bertz CT molecular complexity index is 785. The maximum absolute atomic E-state index is 12.9. The number of halogens is 1. The summed E-state index contributed by atoms with van der Waals surface area (Å²) in [5.41, 5.74) is 3.83. The lowest BCUT2D eigenvalue weighted by Crippen LogP contribution is -2.55. The van der Waals surface area contributed by atoms with Gasteiger partial charge in [-0.25, -0.2) is 4.31 Å². The molecule has 4 rings (SSSR count). The quantitative estimate of drug-likeness (QED) is 0.496. The second-order valence-electron chi connectivity index (χ2n) is 7.31. The van der Waals surface area contributed by atoms with Gasteiger partial charge >= 0.3 is 0 Å². The minimum Gasteiger partial charge on any atom is -0.309 e. The number of carbonyl (C=O) groups is 1. The van der Waals surface area contributed by atoms with Gasteiger partial charge in [0.1, 0.15) is 5.78 Å². The predicted octanol–water partition coefficient (Wildman–Crippen LogP) is 5.03. The number of hydrogen-bond donors (Lipinski definition) is 1. The lowest BCUT2D eigenvalue weighted by Gasteiger charge is -2.48. The Hall–Kier alpha value is -0.890. The molecule has 3 nitrogen and oxygen atoms in total. The van der Waals surface area contributed by atoms with Crippen molar-refractivity contribution in [3.05, 3.63) is 71.3 Å². The van der Waals surface area contributed by atoms with E-state index in [-0.39, 0.29) is 18.0 Å². The van der Waals surface area contributed by atoms with Crippen LogP contribution >= 0.6 is 30.3 Å². The van der Waals surface area contributed by atoms with Gasteiger partial charge in [0.05, 0.1) is 6.04 Å². The molecule has 2 aliphatic rings. The SMILES string of the molecule is Cc1cccc(C2CC(=O)[C@@H]3CNC(c4ccccc4)C[C@@H]3N2SI)c1.